The third-order valence-electron chi connectivity index (χ3n) is 11.7. The molecule has 1 aliphatic carbocycles. The van der Waals surface area contributed by atoms with Crippen LogP contribution in [-0.4, -0.2) is 17.7 Å². The first-order chi connectivity index (χ1) is 28.2. The van der Waals surface area contributed by atoms with Gasteiger partial charge in [0, 0.05) is 28.2 Å². The van der Waals surface area contributed by atoms with Crippen molar-refractivity contribution in [1.82, 2.24) is 0 Å². The van der Waals surface area contributed by atoms with E-state index in [1.54, 1.807) is 0 Å². The minimum Gasteiger partial charge on any atom is -0.484 e. The van der Waals surface area contributed by atoms with E-state index in [1.165, 1.54) is 54.6 Å². The minimum absolute atomic E-state index is 0.00378. The Bertz CT molecular complexity index is 3050. The van der Waals surface area contributed by atoms with Crippen LogP contribution in [0, 0.1) is 0 Å². The van der Waals surface area contributed by atoms with Gasteiger partial charge in [-0.15, -0.1) is 0 Å². The van der Waals surface area contributed by atoms with Crippen LogP contribution in [0.3, 0.4) is 0 Å². The summed E-state index contributed by atoms with van der Waals surface area (Å²) in [6.07, 6.45) is 12.4. The predicted octanol–water partition coefficient (Wildman–Crippen LogP) is 13.5. The standard InChI is InChI=1S/C54H38N2O/c1-3-14-40-33-42(29-25-35(40)11-1)37-23-27-39(28-24-37)54-55-49(48-19-9-18-47-46-17-7-8-22-51(46)57-53(47)48)20-10-21-50(56-54)52-44-16-6-5-13-38(44)31-32-45(52)43-30-26-36-12-2-4-15-41(36)34-43/h1-9,11-20,22-34,46,51H,10,21H2. The molecular weight excluding hydrogens is 693 g/mol. The van der Waals surface area contributed by atoms with Crippen LogP contribution in [-0.2, 0) is 0 Å². The van der Waals surface area contributed by atoms with Crippen molar-refractivity contribution in [2.24, 2.45) is 9.98 Å². The average molecular weight is 731 g/mol. The van der Waals surface area contributed by atoms with Gasteiger partial charge in [0.15, 0.2) is 5.84 Å². The SMILES string of the molecule is C1=CC2Oc3c(C4=CCCC(c5c(-c6ccc7ccccc7c6)ccc6ccccc56)=NC(c5ccc(-c6ccc7ccccc7c6)cc5)=N4)cccc3C2C=C1. The molecule has 0 saturated heterocycles. The highest BCUT2D eigenvalue weighted by Gasteiger charge is 2.34. The van der Waals surface area contributed by atoms with Crippen molar-refractivity contribution >= 4 is 49.6 Å². The molecule has 0 saturated carbocycles. The number of allylic oxidation sites excluding steroid dienone is 3. The molecular formula is C54H38N2O. The van der Waals surface area contributed by atoms with Gasteiger partial charge in [-0.2, -0.15) is 0 Å². The summed E-state index contributed by atoms with van der Waals surface area (Å²) < 4.78 is 6.65. The largest absolute Gasteiger partial charge is 0.484 e. The second-order valence-corrected chi connectivity index (χ2v) is 15.1. The van der Waals surface area contributed by atoms with Gasteiger partial charge >= 0.3 is 0 Å². The van der Waals surface area contributed by atoms with Crippen LogP contribution >= 0.6 is 0 Å². The Kier molecular flexibility index (Phi) is 8.10. The lowest BCUT2D eigenvalue weighted by atomic mass is 9.88. The molecule has 0 aromatic heterocycles. The second-order valence-electron chi connectivity index (χ2n) is 15.1. The molecule has 0 bridgehead atoms. The molecule has 2 aliphatic heterocycles. The smallest absolute Gasteiger partial charge is 0.160 e. The molecule has 3 nitrogen and oxygen atoms in total. The van der Waals surface area contributed by atoms with E-state index in [0.29, 0.717) is 5.84 Å². The molecule has 8 aromatic carbocycles. The Morgan fingerprint density at radius 2 is 1.14 bits per heavy atom. The molecule has 2 heterocycles. The summed E-state index contributed by atoms with van der Waals surface area (Å²) in [5.74, 6) is 1.81. The minimum atomic E-state index is -0.00378. The zero-order valence-electron chi connectivity index (χ0n) is 31.3. The maximum absolute atomic E-state index is 6.65. The quantitative estimate of drug-likeness (QED) is 0.174. The fourth-order valence-corrected chi connectivity index (χ4v) is 8.82. The van der Waals surface area contributed by atoms with E-state index >= 15 is 0 Å². The van der Waals surface area contributed by atoms with Crippen LogP contribution < -0.4 is 4.74 Å². The zero-order valence-corrected chi connectivity index (χ0v) is 31.3. The number of fused-ring (bicyclic) bond motifs is 6. The summed E-state index contributed by atoms with van der Waals surface area (Å²) in [5.41, 5.74) is 10.9. The predicted molar refractivity (Wildman–Crippen MR) is 238 cm³/mol. The highest BCUT2D eigenvalue weighted by Crippen LogP contribution is 2.46. The Balaban J connectivity index is 1.08. The fourth-order valence-electron chi connectivity index (χ4n) is 8.82. The zero-order chi connectivity index (χ0) is 37.7. The van der Waals surface area contributed by atoms with Crippen molar-refractivity contribution in [3.63, 3.8) is 0 Å². The Morgan fingerprint density at radius 1 is 0.491 bits per heavy atom. The monoisotopic (exact) mass is 730 g/mol. The van der Waals surface area contributed by atoms with Gasteiger partial charge in [-0.1, -0.05) is 170 Å². The van der Waals surface area contributed by atoms with Crippen molar-refractivity contribution in [2.75, 3.05) is 0 Å². The summed E-state index contributed by atoms with van der Waals surface area (Å²) >= 11 is 0. The Morgan fingerprint density at radius 3 is 1.95 bits per heavy atom. The van der Waals surface area contributed by atoms with Crippen molar-refractivity contribution in [2.45, 2.75) is 24.9 Å². The average Bonchev–Trinajstić information content (AvgIpc) is 3.65. The molecule has 8 aromatic rings. The molecule has 2 unspecified atom stereocenters. The normalized spacial score (nSPS) is 17.3. The van der Waals surface area contributed by atoms with Crippen LogP contribution in [0.25, 0.3) is 60.3 Å². The number of para-hydroxylation sites is 1. The van der Waals surface area contributed by atoms with Crippen LogP contribution in [0.15, 0.2) is 204 Å². The van der Waals surface area contributed by atoms with E-state index in [9.17, 15) is 0 Å². The Hall–Kier alpha value is -7.10. The summed E-state index contributed by atoms with van der Waals surface area (Å²) in [6.45, 7) is 0. The number of amidine groups is 1. The summed E-state index contributed by atoms with van der Waals surface area (Å²) in [4.78, 5) is 11.1. The van der Waals surface area contributed by atoms with Crippen LogP contribution in [0.1, 0.15) is 41.0 Å². The summed E-state index contributed by atoms with van der Waals surface area (Å²) in [5, 5.41) is 7.30. The second kappa shape index (κ2) is 13.9. The van der Waals surface area contributed by atoms with Gasteiger partial charge in [-0.3, -0.25) is 0 Å². The summed E-state index contributed by atoms with van der Waals surface area (Å²) in [7, 11) is 0. The van der Waals surface area contributed by atoms with Crippen LogP contribution in [0.2, 0.25) is 0 Å². The maximum Gasteiger partial charge on any atom is 0.160 e. The van der Waals surface area contributed by atoms with Crippen molar-refractivity contribution in [3.05, 3.63) is 216 Å². The molecule has 270 valence electrons. The van der Waals surface area contributed by atoms with Gasteiger partial charge in [0.1, 0.15) is 11.9 Å². The molecule has 0 radical (unpaired) electrons. The number of hydrogen-bond acceptors (Lipinski definition) is 3. The van der Waals surface area contributed by atoms with E-state index in [2.05, 4.69) is 194 Å². The first kappa shape index (κ1) is 33.3. The van der Waals surface area contributed by atoms with Gasteiger partial charge in [0.25, 0.3) is 0 Å². The van der Waals surface area contributed by atoms with Crippen molar-refractivity contribution in [3.8, 4) is 28.0 Å². The maximum atomic E-state index is 6.65. The molecule has 2 atom stereocenters. The molecule has 0 fully saturated rings. The van der Waals surface area contributed by atoms with E-state index in [0.717, 1.165) is 52.3 Å². The molecule has 0 spiro atoms. The molecule has 57 heavy (non-hydrogen) atoms. The third-order valence-corrected chi connectivity index (χ3v) is 11.7. The van der Waals surface area contributed by atoms with Gasteiger partial charge in [-0.25, -0.2) is 9.98 Å². The topological polar surface area (TPSA) is 34.0 Å². The van der Waals surface area contributed by atoms with Crippen LogP contribution in [0.4, 0.5) is 0 Å². The van der Waals surface area contributed by atoms with Gasteiger partial charge in [0.05, 0.1) is 11.4 Å². The lowest BCUT2D eigenvalue weighted by Crippen LogP contribution is -2.15. The first-order valence-corrected chi connectivity index (χ1v) is 19.9. The number of benzene rings is 8. The molecule has 11 rings (SSSR count). The third kappa shape index (κ3) is 6.00. The fraction of sp³-hybridized carbons (Fsp3) is 0.0741. The first-order valence-electron chi connectivity index (χ1n) is 19.9. The van der Waals surface area contributed by atoms with Gasteiger partial charge in [0.2, 0.25) is 0 Å². The van der Waals surface area contributed by atoms with Gasteiger partial charge in [-0.05, 0) is 91.7 Å². The number of hydrogen-bond donors (Lipinski definition) is 0. The number of rotatable bonds is 5. The number of nitrogens with zero attached hydrogens (tertiary/aromatic N) is 2. The number of ether oxygens (including phenoxy) is 1. The Labute approximate surface area is 332 Å². The molecule has 3 aliphatic rings. The van der Waals surface area contributed by atoms with E-state index in [1.807, 2.05) is 0 Å². The lowest BCUT2D eigenvalue weighted by molar-refractivity contribution is 0.268. The van der Waals surface area contributed by atoms with Crippen LogP contribution in [0.5, 0.6) is 5.75 Å². The van der Waals surface area contributed by atoms with Crippen molar-refractivity contribution < 1.29 is 4.74 Å². The highest BCUT2D eigenvalue weighted by atomic mass is 16.5. The van der Waals surface area contributed by atoms with Gasteiger partial charge < -0.3 is 4.74 Å². The molecule has 3 heteroatoms. The highest BCUT2D eigenvalue weighted by molar-refractivity contribution is 6.21. The lowest BCUT2D eigenvalue weighted by Gasteiger charge is -2.19. The van der Waals surface area contributed by atoms with E-state index in [-0.39, 0.29) is 12.0 Å². The van der Waals surface area contributed by atoms with Crippen molar-refractivity contribution in [1.29, 1.82) is 0 Å². The summed E-state index contributed by atoms with van der Waals surface area (Å²) in [6, 6.07) is 58.9. The van der Waals surface area contributed by atoms with E-state index in [4.69, 9.17) is 14.7 Å². The molecule has 0 N–H and O–H groups in total. The number of aliphatic imine (C=N–C) groups is 2. The van der Waals surface area contributed by atoms with E-state index < -0.39 is 0 Å². The molecule has 0 amide bonds.